The molecule has 0 aromatic carbocycles. The number of aromatic nitrogens is 2. The Morgan fingerprint density at radius 2 is 2.12 bits per heavy atom. The molecule has 0 aliphatic heterocycles. The SMILES string of the molecule is CC(C)n1cc(C(O)C(F)(F)C(=O)O)cn1. The smallest absolute Gasteiger partial charge is 0.377 e. The van der Waals surface area contributed by atoms with Crippen LogP contribution in [0.3, 0.4) is 0 Å². The van der Waals surface area contributed by atoms with Crippen molar-refractivity contribution in [1.29, 1.82) is 0 Å². The highest BCUT2D eigenvalue weighted by Crippen LogP contribution is 2.31. The summed E-state index contributed by atoms with van der Waals surface area (Å²) in [5.41, 5.74) is -0.221. The minimum atomic E-state index is -4.22. The highest BCUT2D eigenvalue weighted by Gasteiger charge is 2.48. The lowest BCUT2D eigenvalue weighted by atomic mass is 10.1. The quantitative estimate of drug-likeness (QED) is 0.821. The summed E-state index contributed by atoms with van der Waals surface area (Å²) < 4.78 is 27.3. The Labute approximate surface area is 90.3 Å². The number of rotatable bonds is 4. The number of carbonyl (C=O) groups is 1. The van der Waals surface area contributed by atoms with E-state index in [-0.39, 0.29) is 11.6 Å². The molecule has 0 spiro atoms. The summed E-state index contributed by atoms with van der Waals surface area (Å²) in [6.45, 7) is 3.55. The molecule has 0 aliphatic carbocycles. The molecule has 0 saturated carbocycles. The molecule has 0 amide bonds. The maximum absolute atomic E-state index is 12.9. The van der Waals surface area contributed by atoms with Crippen molar-refractivity contribution in [3.05, 3.63) is 18.0 Å². The van der Waals surface area contributed by atoms with E-state index in [0.717, 1.165) is 6.20 Å². The molecule has 0 fully saturated rings. The molecule has 5 nitrogen and oxygen atoms in total. The zero-order valence-electron chi connectivity index (χ0n) is 8.76. The molecule has 0 radical (unpaired) electrons. The molecular formula is C9H12F2N2O3. The second kappa shape index (κ2) is 4.17. The topological polar surface area (TPSA) is 75.4 Å². The summed E-state index contributed by atoms with van der Waals surface area (Å²) in [6, 6.07) is -0.0561. The molecule has 0 bridgehead atoms. The van der Waals surface area contributed by atoms with E-state index >= 15 is 0 Å². The number of hydrogen-bond donors (Lipinski definition) is 2. The van der Waals surface area contributed by atoms with E-state index < -0.39 is 18.0 Å². The van der Waals surface area contributed by atoms with E-state index in [4.69, 9.17) is 5.11 Å². The number of aliphatic hydroxyl groups is 1. The lowest BCUT2D eigenvalue weighted by molar-refractivity contribution is -0.182. The van der Waals surface area contributed by atoms with Crippen molar-refractivity contribution >= 4 is 5.97 Å². The summed E-state index contributed by atoms with van der Waals surface area (Å²) in [4.78, 5) is 10.2. The molecular weight excluding hydrogens is 222 g/mol. The van der Waals surface area contributed by atoms with Crippen molar-refractivity contribution in [2.45, 2.75) is 31.9 Å². The van der Waals surface area contributed by atoms with Gasteiger partial charge in [0, 0.05) is 17.8 Å². The third-order valence-corrected chi connectivity index (χ3v) is 2.09. The molecule has 7 heteroatoms. The Kier molecular flexibility index (Phi) is 3.27. The van der Waals surface area contributed by atoms with Gasteiger partial charge in [-0.2, -0.15) is 13.9 Å². The standard InChI is InChI=1S/C9H12F2N2O3/c1-5(2)13-4-6(3-12-13)7(14)9(10,11)8(15)16/h3-5,7,14H,1-2H3,(H,15,16). The van der Waals surface area contributed by atoms with E-state index in [0.29, 0.717) is 0 Å². The van der Waals surface area contributed by atoms with Crippen molar-refractivity contribution in [1.82, 2.24) is 9.78 Å². The maximum Gasteiger partial charge on any atom is 0.377 e. The second-order valence-corrected chi connectivity index (χ2v) is 3.68. The van der Waals surface area contributed by atoms with Gasteiger partial charge >= 0.3 is 11.9 Å². The van der Waals surface area contributed by atoms with Crippen LogP contribution < -0.4 is 0 Å². The molecule has 1 unspecified atom stereocenters. The molecule has 1 aromatic rings. The fourth-order valence-electron chi connectivity index (χ4n) is 1.10. The van der Waals surface area contributed by atoms with Gasteiger partial charge < -0.3 is 10.2 Å². The lowest BCUT2D eigenvalue weighted by Crippen LogP contribution is -2.35. The Morgan fingerprint density at radius 3 is 2.50 bits per heavy atom. The summed E-state index contributed by atoms with van der Waals surface area (Å²) >= 11 is 0. The number of aliphatic hydroxyl groups excluding tert-OH is 1. The van der Waals surface area contributed by atoms with Crippen LogP contribution >= 0.6 is 0 Å². The van der Waals surface area contributed by atoms with Crippen LogP contribution in [0.2, 0.25) is 0 Å². The first kappa shape index (κ1) is 12.6. The van der Waals surface area contributed by atoms with Crippen LogP contribution in [0.15, 0.2) is 12.4 Å². The minimum Gasteiger partial charge on any atom is -0.477 e. The van der Waals surface area contributed by atoms with Gasteiger partial charge in [0.05, 0.1) is 6.20 Å². The van der Waals surface area contributed by atoms with Crippen molar-refractivity contribution in [3.63, 3.8) is 0 Å². The average Bonchev–Trinajstić information content (AvgIpc) is 2.64. The van der Waals surface area contributed by atoms with Gasteiger partial charge in [0.15, 0.2) is 6.10 Å². The Morgan fingerprint density at radius 1 is 1.56 bits per heavy atom. The molecule has 2 N–H and O–H groups in total. The number of halogens is 2. The average molecular weight is 234 g/mol. The summed E-state index contributed by atoms with van der Waals surface area (Å²) in [5, 5.41) is 21.2. The van der Waals surface area contributed by atoms with E-state index in [1.165, 1.54) is 10.9 Å². The van der Waals surface area contributed by atoms with Crippen LogP contribution in [-0.4, -0.2) is 31.9 Å². The summed E-state index contributed by atoms with van der Waals surface area (Å²) in [6.07, 6.45) is -0.161. The molecule has 0 saturated heterocycles. The fourth-order valence-corrected chi connectivity index (χ4v) is 1.10. The largest absolute Gasteiger partial charge is 0.477 e. The Hall–Kier alpha value is -1.50. The van der Waals surface area contributed by atoms with E-state index in [9.17, 15) is 18.7 Å². The van der Waals surface area contributed by atoms with Gasteiger partial charge in [-0.1, -0.05) is 0 Å². The van der Waals surface area contributed by atoms with E-state index in [2.05, 4.69) is 5.10 Å². The molecule has 1 rings (SSSR count). The normalized spacial score (nSPS) is 14.1. The highest BCUT2D eigenvalue weighted by molar-refractivity contribution is 5.76. The molecule has 0 aliphatic rings. The van der Waals surface area contributed by atoms with Gasteiger partial charge in [-0.3, -0.25) is 4.68 Å². The van der Waals surface area contributed by atoms with Crippen molar-refractivity contribution in [3.8, 4) is 0 Å². The third-order valence-electron chi connectivity index (χ3n) is 2.09. The zero-order valence-corrected chi connectivity index (χ0v) is 8.76. The van der Waals surface area contributed by atoms with Crippen LogP contribution in [0.1, 0.15) is 31.6 Å². The zero-order chi connectivity index (χ0) is 12.5. The van der Waals surface area contributed by atoms with Crippen molar-refractivity contribution in [2.75, 3.05) is 0 Å². The molecule has 1 atom stereocenters. The minimum absolute atomic E-state index is 0.0561. The monoisotopic (exact) mass is 234 g/mol. The first-order valence-electron chi connectivity index (χ1n) is 4.60. The fraction of sp³-hybridized carbons (Fsp3) is 0.556. The number of carboxylic acid groups (broad SMARTS) is 1. The third kappa shape index (κ3) is 2.19. The maximum atomic E-state index is 12.9. The molecule has 90 valence electrons. The van der Waals surface area contributed by atoms with Gasteiger partial charge in [-0.15, -0.1) is 0 Å². The second-order valence-electron chi connectivity index (χ2n) is 3.68. The molecule has 1 heterocycles. The number of alkyl halides is 2. The molecule has 16 heavy (non-hydrogen) atoms. The number of aliphatic carboxylic acids is 1. The van der Waals surface area contributed by atoms with Gasteiger partial charge in [0.1, 0.15) is 0 Å². The van der Waals surface area contributed by atoms with Crippen LogP contribution in [-0.2, 0) is 4.79 Å². The predicted octanol–water partition coefficient (Wildman–Crippen LogP) is 1.22. The number of nitrogens with zero attached hydrogens (tertiary/aromatic N) is 2. The van der Waals surface area contributed by atoms with Crippen molar-refractivity contribution in [2.24, 2.45) is 0 Å². The van der Waals surface area contributed by atoms with Crippen LogP contribution in [0.4, 0.5) is 8.78 Å². The van der Waals surface area contributed by atoms with Crippen LogP contribution in [0.25, 0.3) is 0 Å². The first-order valence-corrected chi connectivity index (χ1v) is 4.60. The number of hydrogen-bond acceptors (Lipinski definition) is 3. The summed E-state index contributed by atoms with van der Waals surface area (Å²) in [5.74, 6) is -6.58. The van der Waals surface area contributed by atoms with Gasteiger partial charge in [0.25, 0.3) is 0 Å². The van der Waals surface area contributed by atoms with Crippen LogP contribution in [0.5, 0.6) is 0 Å². The van der Waals surface area contributed by atoms with Gasteiger partial charge in [-0.05, 0) is 13.8 Å². The van der Waals surface area contributed by atoms with Crippen molar-refractivity contribution < 1.29 is 23.8 Å². The Balaban J connectivity index is 2.96. The van der Waals surface area contributed by atoms with Gasteiger partial charge in [0.2, 0.25) is 0 Å². The predicted molar refractivity (Wildman–Crippen MR) is 50.2 cm³/mol. The Bertz CT molecular complexity index is 390. The first-order chi connectivity index (χ1) is 7.26. The highest BCUT2D eigenvalue weighted by atomic mass is 19.3. The number of carboxylic acids is 1. The van der Waals surface area contributed by atoms with E-state index in [1.807, 2.05) is 0 Å². The molecule has 1 aromatic heterocycles. The lowest BCUT2D eigenvalue weighted by Gasteiger charge is -2.16. The van der Waals surface area contributed by atoms with Crippen LogP contribution in [0, 0.1) is 0 Å². The summed E-state index contributed by atoms with van der Waals surface area (Å²) in [7, 11) is 0. The van der Waals surface area contributed by atoms with Gasteiger partial charge in [-0.25, -0.2) is 4.79 Å². The van der Waals surface area contributed by atoms with E-state index in [1.54, 1.807) is 13.8 Å².